The minimum atomic E-state index is -1.70. The van der Waals surface area contributed by atoms with Crippen molar-refractivity contribution in [3.63, 3.8) is 0 Å². The average Bonchev–Trinajstić information content (AvgIpc) is 2.25. The summed E-state index contributed by atoms with van der Waals surface area (Å²) in [6.45, 7) is 7.04. The van der Waals surface area contributed by atoms with Gasteiger partial charge in [-0.2, -0.15) is 0 Å². The van der Waals surface area contributed by atoms with E-state index in [2.05, 4.69) is 0 Å². The molecule has 0 heterocycles. The molecule has 0 aliphatic heterocycles. The summed E-state index contributed by atoms with van der Waals surface area (Å²) in [7, 11) is 3.92. The maximum atomic E-state index is 12.0. The number of hydrogen-bond acceptors (Lipinski definition) is 3. The summed E-state index contributed by atoms with van der Waals surface area (Å²) >= 11 is 5.91. The second kappa shape index (κ2) is 6.25. The molecule has 0 amide bonds. The molecule has 0 fully saturated rings. The summed E-state index contributed by atoms with van der Waals surface area (Å²) in [6, 6.07) is 4.73. The lowest BCUT2D eigenvalue weighted by Gasteiger charge is -2.23. The van der Waals surface area contributed by atoms with Gasteiger partial charge in [0.1, 0.15) is 15.6 Å². The molecular weight excluding hydrogens is 307 g/mol. The number of carbonyl (C=O) groups excluding carboxylic acids is 1. The molecule has 0 aliphatic carbocycles. The van der Waals surface area contributed by atoms with Crippen LogP contribution in [-0.4, -0.2) is 15.8 Å². The Morgan fingerprint density at radius 3 is 2.42 bits per heavy atom. The van der Waals surface area contributed by atoms with Gasteiger partial charge in [-0.3, -0.25) is 4.79 Å². The van der Waals surface area contributed by atoms with Gasteiger partial charge in [-0.1, -0.05) is 11.6 Å². The molecule has 2 unspecified atom stereocenters. The number of halogens is 2. The van der Waals surface area contributed by atoms with Gasteiger partial charge in [0.05, 0.1) is 10.8 Å². The maximum absolute atomic E-state index is 12.0. The van der Waals surface area contributed by atoms with Crippen molar-refractivity contribution in [1.82, 2.24) is 0 Å². The molecule has 1 aromatic carbocycles. The number of carbonyl (C=O) groups is 1. The van der Waals surface area contributed by atoms with Crippen LogP contribution in [0.2, 0.25) is 5.02 Å². The first kappa shape index (κ1) is 16.5. The molecule has 1 rings (SSSR count). The van der Waals surface area contributed by atoms with Crippen molar-refractivity contribution in [1.29, 1.82) is 0 Å². The highest BCUT2D eigenvalue weighted by Gasteiger charge is 2.26. The second-order valence-electron chi connectivity index (χ2n) is 5.16. The van der Waals surface area contributed by atoms with Crippen LogP contribution < -0.4 is 0 Å². The monoisotopic (exact) mass is 322 g/mol. The highest BCUT2D eigenvalue weighted by molar-refractivity contribution is 8.08. The number of hydrogen-bond donors (Lipinski definition) is 0. The highest BCUT2D eigenvalue weighted by atomic mass is 35.7. The van der Waals surface area contributed by atoms with E-state index < -0.39 is 27.5 Å². The molecule has 0 saturated heterocycles. The minimum Gasteiger partial charge on any atom is -0.460 e. The molecule has 0 N–H and O–H groups in total. The predicted octanol–water partition coefficient (Wildman–Crippen LogP) is 4.05. The molecule has 19 heavy (non-hydrogen) atoms. The van der Waals surface area contributed by atoms with Gasteiger partial charge in [0.25, 0.3) is 0 Å². The Kier molecular flexibility index (Phi) is 5.42. The first-order chi connectivity index (χ1) is 8.61. The molecular formula is C13H16Cl2O3S. The molecule has 2 atom stereocenters. The van der Waals surface area contributed by atoms with Crippen LogP contribution in [0.25, 0.3) is 0 Å². The van der Waals surface area contributed by atoms with E-state index in [-0.39, 0.29) is 0 Å². The summed E-state index contributed by atoms with van der Waals surface area (Å²) < 4.78 is 16.8. The Morgan fingerprint density at radius 1 is 1.37 bits per heavy atom. The van der Waals surface area contributed by atoms with Crippen molar-refractivity contribution < 1.29 is 13.7 Å². The predicted molar refractivity (Wildman–Crippen MR) is 78.0 cm³/mol. The van der Waals surface area contributed by atoms with Gasteiger partial charge >= 0.3 is 5.97 Å². The average molecular weight is 323 g/mol. The van der Waals surface area contributed by atoms with E-state index in [9.17, 15) is 9.00 Å². The Bertz CT molecular complexity index is 509. The van der Waals surface area contributed by atoms with E-state index in [1.807, 2.05) is 0 Å². The third kappa shape index (κ3) is 4.79. The Labute approximate surface area is 125 Å². The van der Waals surface area contributed by atoms with Crippen molar-refractivity contribution in [2.45, 2.75) is 44.1 Å². The zero-order valence-corrected chi connectivity index (χ0v) is 13.5. The largest absolute Gasteiger partial charge is 0.460 e. The van der Waals surface area contributed by atoms with Gasteiger partial charge in [0.2, 0.25) is 0 Å². The molecule has 0 bridgehead atoms. The van der Waals surface area contributed by atoms with Crippen LogP contribution in [0.1, 0.15) is 39.2 Å². The van der Waals surface area contributed by atoms with Gasteiger partial charge < -0.3 is 4.74 Å². The minimum absolute atomic E-state index is 0.379. The number of ether oxygens (including phenoxy) is 1. The fraction of sp³-hybridized carbons (Fsp3) is 0.462. The molecule has 3 nitrogen and oxygen atoms in total. The second-order valence-corrected chi connectivity index (χ2v) is 7.32. The molecule has 0 radical (unpaired) electrons. The lowest BCUT2D eigenvalue weighted by molar-refractivity contribution is -0.156. The van der Waals surface area contributed by atoms with Crippen molar-refractivity contribution in [2.24, 2.45) is 0 Å². The molecule has 0 spiro atoms. The molecule has 6 heteroatoms. The van der Waals surface area contributed by atoms with Crippen LogP contribution in [0.3, 0.4) is 0 Å². The van der Waals surface area contributed by atoms with Gasteiger partial charge in [-0.15, -0.1) is 0 Å². The summed E-state index contributed by atoms with van der Waals surface area (Å²) in [4.78, 5) is 12.4. The quantitative estimate of drug-likeness (QED) is 0.623. The number of esters is 1. The fourth-order valence-electron chi connectivity index (χ4n) is 1.52. The van der Waals surface area contributed by atoms with Gasteiger partial charge in [-0.25, -0.2) is 4.21 Å². The van der Waals surface area contributed by atoms with Gasteiger partial charge in [-0.05, 0) is 62.1 Å². The van der Waals surface area contributed by atoms with E-state index in [1.54, 1.807) is 45.9 Å². The van der Waals surface area contributed by atoms with Crippen molar-refractivity contribution in [3.05, 3.63) is 28.8 Å². The summed E-state index contributed by atoms with van der Waals surface area (Å²) in [5.74, 6) is -0.992. The van der Waals surface area contributed by atoms with E-state index in [1.165, 1.54) is 0 Å². The lowest BCUT2D eigenvalue weighted by atomic mass is 10.0. The Morgan fingerprint density at radius 2 is 1.95 bits per heavy atom. The summed E-state index contributed by atoms with van der Waals surface area (Å²) in [5.41, 5.74) is -0.0559. The summed E-state index contributed by atoms with van der Waals surface area (Å²) in [5, 5.41) is 0.455. The Hall–Kier alpha value is -0.580. The van der Waals surface area contributed by atoms with Crippen molar-refractivity contribution in [3.8, 4) is 0 Å². The maximum Gasteiger partial charge on any atom is 0.313 e. The van der Waals surface area contributed by atoms with Crippen LogP contribution in [0.4, 0.5) is 0 Å². The first-order valence-corrected chi connectivity index (χ1v) is 8.07. The SMILES string of the molecule is CC(C(=O)OC(C)(C)C)c1cc(Cl)ccc1S(=O)Cl. The molecule has 0 aliphatic rings. The van der Waals surface area contributed by atoms with Crippen molar-refractivity contribution in [2.75, 3.05) is 0 Å². The van der Waals surface area contributed by atoms with E-state index >= 15 is 0 Å². The summed E-state index contributed by atoms with van der Waals surface area (Å²) in [6.07, 6.45) is 0. The molecule has 0 saturated carbocycles. The van der Waals surface area contributed by atoms with Crippen molar-refractivity contribution >= 4 is 38.3 Å². The standard InChI is InChI=1S/C13H16Cl2O3S/c1-8(12(16)18-13(2,3)4)10-7-9(14)5-6-11(10)19(15)17/h5-8H,1-4H3. The van der Waals surface area contributed by atoms with Gasteiger partial charge in [0, 0.05) is 5.02 Å². The van der Waals surface area contributed by atoms with Gasteiger partial charge in [0.15, 0.2) is 0 Å². The van der Waals surface area contributed by atoms with Crippen LogP contribution in [0, 0.1) is 0 Å². The van der Waals surface area contributed by atoms with E-state index in [0.717, 1.165) is 0 Å². The van der Waals surface area contributed by atoms with Crippen LogP contribution in [-0.2, 0) is 19.5 Å². The number of rotatable bonds is 3. The molecule has 0 aromatic heterocycles. The zero-order chi connectivity index (χ0) is 14.8. The molecule has 1 aromatic rings. The van der Waals surface area contributed by atoms with E-state index in [0.29, 0.717) is 15.5 Å². The Balaban J connectivity index is 3.11. The highest BCUT2D eigenvalue weighted by Crippen LogP contribution is 2.29. The first-order valence-electron chi connectivity index (χ1n) is 5.72. The third-order valence-corrected chi connectivity index (χ3v) is 3.82. The van der Waals surface area contributed by atoms with Crippen LogP contribution in [0.15, 0.2) is 23.1 Å². The molecule has 106 valence electrons. The van der Waals surface area contributed by atoms with Crippen LogP contribution >= 0.6 is 22.3 Å². The van der Waals surface area contributed by atoms with Crippen LogP contribution in [0.5, 0.6) is 0 Å². The normalized spacial score (nSPS) is 14.8. The lowest BCUT2D eigenvalue weighted by Crippen LogP contribution is -2.27. The topological polar surface area (TPSA) is 43.4 Å². The van der Waals surface area contributed by atoms with E-state index in [4.69, 9.17) is 27.0 Å². The smallest absolute Gasteiger partial charge is 0.313 e. The fourth-order valence-corrected chi connectivity index (χ4v) is 2.72. The number of benzene rings is 1. The third-order valence-electron chi connectivity index (χ3n) is 2.37. The zero-order valence-electron chi connectivity index (χ0n) is 11.2.